The number of aryl methyl sites for hydroxylation is 1. The molecule has 0 unspecified atom stereocenters. The lowest BCUT2D eigenvalue weighted by Crippen LogP contribution is -2.24. The van der Waals surface area contributed by atoms with Crippen molar-refractivity contribution in [1.29, 1.82) is 0 Å². The fraction of sp³-hybridized carbons (Fsp3) is 0.550. The first-order valence-corrected chi connectivity index (χ1v) is 9.36. The van der Waals surface area contributed by atoms with Crippen LogP contribution in [-0.4, -0.2) is 35.8 Å². The number of hydrogen-bond donors (Lipinski definition) is 1. The summed E-state index contributed by atoms with van der Waals surface area (Å²) in [7, 11) is 0. The Kier molecular flexibility index (Phi) is 8.83. The second-order valence-corrected chi connectivity index (χ2v) is 6.61. The molecule has 1 amide bonds. The van der Waals surface area contributed by atoms with Crippen LogP contribution in [0.5, 0.6) is 0 Å². The average Bonchev–Trinajstić information content (AvgIpc) is 3.12. The molecule has 0 saturated heterocycles. The molecular formula is C20H29N3O3. The first-order valence-electron chi connectivity index (χ1n) is 9.36. The molecule has 1 aromatic carbocycles. The molecule has 1 N–H and O–H groups in total. The van der Waals surface area contributed by atoms with E-state index in [1.54, 1.807) is 0 Å². The van der Waals surface area contributed by atoms with Crippen molar-refractivity contribution in [1.82, 2.24) is 15.5 Å². The van der Waals surface area contributed by atoms with E-state index in [9.17, 15) is 4.79 Å². The van der Waals surface area contributed by atoms with Crippen molar-refractivity contribution in [2.24, 2.45) is 0 Å². The van der Waals surface area contributed by atoms with Gasteiger partial charge in [-0.05, 0) is 24.8 Å². The van der Waals surface area contributed by atoms with Crippen molar-refractivity contribution in [3.63, 3.8) is 0 Å². The molecule has 0 bridgehead atoms. The van der Waals surface area contributed by atoms with Gasteiger partial charge in [0.15, 0.2) is 5.82 Å². The number of nitrogens with zero attached hydrogens (tertiary/aromatic N) is 2. The fourth-order valence-electron chi connectivity index (χ4n) is 2.43. The van der Waals surface area contributed by atoms with Gasteiger partial charge in [-0.2, -0.15) is 4.98 Å². The van der Waals surface area contributed by atoms with E-state index in [0.717, 1.165) is 25.1 Å². The Morgan fingerprint density at radius 3 is 2.69 bits per heavy atom. The lowest BCUT2D eigenvalue weighted by Gasteiger charge is -2.06. The van der Waals surface area contributed by atoms with Crippen LogP contribution < -0.4 is 5.32 Å². The quantitative estimate of drug-likeness (QED) is 0.589. The third-order valence-electron chi connectivity index (χ3n) is 3.96. The smallest absolute Gasteiger partial charge is 0.226 e. The van der Waals surface area contributed by atoms with Gasteiger partial charge in [0.25, 0.3) is 0 Å². The Labute approximate surface area is 155 Å². The zero-order valence-corrected chi connectivity index (χ0v) is 15.7. The number of carbonyl (C=O) groups excluding carboxylic acids is 1. The van der Waals surface area contributed by atoms with E-state index in [1.807, 2.05) is 32.0 Å². The Hall–Kier alpha value is -2.21. The van der Waals surface area contributed by atoms with Crippen molar-refractivity contribution in [3.8, 4) is 0 Å². The summed E-state index contributed by atoms with van der Waals surface area (Å²) in [5.41, 5.74) is 1.27. The Bertz CT molecular complexity index is 641. The molecule has 2 rings (SSSR count). The normalized spacial score (nSPS) is 11.0. The van der Waals surface area contributed by atoms with Crippen LogP contribution in [0.3, 0.4) is 0 Å². The maximum absolute atomic E-state index is 11.8. The van der Waals surface area contributed by atoms with Crippen molar-refractivity contribution >= 4 is 5.91 Å². The molecule has 26 heavy (non-hydrogen) atoms. The molecule has 0 saturated carbocycles. The van der Waals surface area contributed by atoms with Gasteiger partial charge in [-0.1, -0.05) is 49.3 Å². The van der Waals surface area contributed by atoms with Gasteiger partial charge in [-0.25, -0.2) is 0 Å². The monoisotopic (exact) mass is 359 g/mol. The Morgan fingerprint density at radius 1 is 1.15 bits per heavy atom. The number of amides is 1. The third-order valence-corrected chi connectivity index (χ3v) is 3.96. The zero-order chi connectivity index (χ0) is 18.6. The van der Waals surface area contributed by atoms with E-state index >= 15 is 0 Å². The predicted molar refractivity (Wildman–Crippen MR) is 99.9 cm³/mol. The van der Waals surface area contributed by atoms with Gasteiger partial charge in [0.1, 0.15) is 0 Å². The molecule has 1 aromatic heterocycles. The molecule has 0 aliphatic carbocycles. The molecule has 6 nitrogen and oxygen atoms in total. The van der Waals surface area contributed by atoms with Gasteiger partial charge >= 0.3 is 0 Å². The number of carbonyl (C=O) groups is 1. The lowest BCUT2D eigenvalue weighted by atomic mass is 10.2. The second kappa shape index (κ2) is 11.4. The molecule has 0 radical (unpaired) electrons. The summed E-state index contributed by atoms with van der Waals surface area (Å²) in [6, 6.07) is 10.3. The van der Waals surface area contributed by atoms with Crippen LogP contribution in [0, 0.1) is 0 Å². The molecule has 142 valence electrons. The van der Waals surface area contributed by atoms with Crippen LogP contribution in [0.4, 0.5) is 0 Å². The molecular weight excluding hydrogens is 330 g/mol. The fourth-order valence-corrected chi connectivity index (χ4v) is 2.43. The Balaban J connectivity index is 1.45. The Morgan fingerprint density at radius 2 is 1.96 bits per heavy atom. The molecule has 0 atom stereocenters. The number of nitrogens with one attached hydrogen (secondary N) is 1. The summed E-state index contributed by atoms with van der Waals surface area (Å²) in [6.45, 7) is 5.97. The summed E-state index contributed by atoms with van der Waals surface area (Å²) in [5.74, 6) is 1.69. The first kappa shape index (κ1) is 20.1. The SMILES string of the molecule is CC(C)c1noc(CCCNC(=O)CCCOCCc2ccccc2)n1. The van der Waals surface area contributed by atoms with Crippen LogP contribution in [0.1, 0.15) is 56.3 Å². The molecule has 6 heteroatoms. The predicted octanol–water partition coefficient (Wildman–Crippen LogP) is 3.28. The van der Waals surface area contributed by atoms with Gasteiger partial charge in [-0.15, -0.1) is 0 Å². The average molecular weight is 359 g/mol. The minimum Gasteiger partial charge on any atom is -0.381 e. The van der Waals surface area contributed by atoms with E-state index in [4.69, 9.17) is 9.26 Å². The number of hydrogen-bond acceptors (Lipinski definition) is 5. The standard InChI is InChI=1S/C20H29N3O3/c1-16(2)20-22-19(26-23-20)11-6-13-21-18(24)10-7-14-25-15-12-17-8-4-3-5-9-17/h3-5,8-9,16H,6-7,10-15H2,1-2H3,(H,21,24). The molecule has 0 fully saturated rings. The van der Waals surface area contributed by atoms with Crippen molar-refractivity contribution in [2.45, 2.75) is 51.9 Å². The van der Waals surface area contributed by atoms with Gasteiger partial charge in [-0.3, -0.25) is 4.79 Å². The van der Waals surface area contributed by atoms with Crippen LogP contribution >= 0.6 is 0 Å². The van der Waals surface area contributed by atoms with E-state index < -0.39 is 0 Å². The first-order chi connectivity index (χ1) is 12.6. The largest absolute Gasteiger partial charge is 0.381 e. The zero-order valence-electron chi connectivity index (χ0n) is 15.7. The van der Waals surface area contributed by atoms with Crippen molar-refractivity contribution in [2.75, 3.05) is 19.8 Å². The lowest BCUT2D eigenvalue weighted by molar-refractivity contribution is -0.121. The van der Waals surface area contributed by atoms with Crippen molar-refractivity contribution in [3.05, 3.63) is 47.6 Å². The van der Waals surface area contributed by atoms with Crippen LogP contribution in [0.15, 0.2) is 34.9 Å². The van der Waals surface area contributed by atoms with Gasteiger partial charge in [0.05, 0.1) is 6.61 Å². The summed E-state index contributed by atoms with van der Waals surface area (Å²) in [4.78, 5) is 16.1. The molecule has 0 spiro atoms. The summed E-state index contributed by atoms with van der Waals surface area (Å²) in [5, 5.41) is 6.84. The van der Waals surface area contributed by atoms with E-state index in [0.29, 0.717) is 38.5 Å². The maximum Gasteiger partial charge on any atom is 0.226 e. The number of benzene rings is 1. The minimum absolute atomic E-state index is 0.0602. The molecule has 0 aliphatic heterocycles. The van der Waals surface area contributed by atoms with Gasteiger partial charge in [0, 0.05) is 31.9 Å². The topological polar surface area (TPSA) is 77.2 Å². The second-order valence-electron chi connectivity index (χ2n) is 6.61. The highest BCUT2D eigenvalue weighted by molar-refractivity contribution is 5.75. The minimum atomic E-state index is 0.0602. The van der Waals surface area contributed by atoms with Crippen molar-refractivity contribution < 1.29 is 14.1 Å². The van der Waals surface area contributed by atoms with E-state index in [2.05, 4.69) is 27.6 Å². The summed E-state index contributed by atoms with van der Waals surface area (Å²) < 4.78 is 10.8. The number of aromatic nitrogens is 2. The molecule has 2 aromatic rings. The summed E-state index contributed by atoms with van der Waals surface area (Å²) >= 11 is 0. The highest BCUT2D eigenvalue weighted by Gasteiger charge is 2.09. The van der Waals surface area contributed by atoms with Crippen LogP contribution in [-0.2, 0) is 22.4 Å². The molecule has 0 aliphatic rings. The van der Waals surface area contributed by atoms with Gasteiger partial charge < -0.3 is 14.6 Å². The highest BCUT2D eigenvalue weighted by Crippen LogP contribution is 2.10. The third kappa shape index (κ3) is 7.78. The van der Waals surface area contributed by atoms with E-state index in [-0.39, 0.29) is 11.8 Å². The van der Waals surface area contributed by atoms with Gasteiger partial charge in [0.2, 0.25) is 11.8 Å². The number of rotatable bonds is 12. The van der Waals surface area contributed by atoms with E-state index in [1.165, 1.54) is 5.56 Å². The van der Waals surface area contributed by atoms with Crippen LogP contribution in [0.25, 0.3) is 0 Å². The highest BCUT2D eigenvalue weighted by atomic mass is 16.5. The maximum atomic E-state index is 11.8. The number of ether oxygens (including phenoxy) is 1. The van der Waals surface area contributed by atoms with Crippen LogP contribution in [0.2, 0.25) is 0 Å². The summed E-state index contributed by atoms with van der Waals surface area (Å²) in [6.07, 6.45) is 3.61. The molecule has 1 heterocycles.